The Morgan fingerprint density at radius 3 is 2.39 bits per heavy atom. The summed E-state index contributed by atoms with van der Waals surface area (Å²) in [6, 6.07) is 5.78. The summed E-state index contributed by atoms with van der Waals surface area (Å²) in [6.07, 6.45) is 0. The van der Waals surface area contributed by atoms with Crippen LogP contribution in [0.4, 0.5) is 4.39 Å². The van der Waals surface area contributed by atoms with Crippen LogP contribution in [0.1, 0.15) is 46.2 Å². The lowest BCUT2D eigenvalue weighted by Gasteiger charge is -2.17. The molecule has 102 valence electrons. The maximum Gasteiger partial charge on any atom is 0.137 e. The zero-order valence-electron chi connectivity index (χ0n) is 12.0. The van der Waals surface area contributed by atoms with Crippen molar-refractivity contribution in [2.45, 2.75) is 50.8 Å². The van der Waals surface area contributed by atoms with Gasteiger partial charge in [0.2, 0.25) is 0 Å². The van der Waals surface area contributed by atoms with Crippen LogP contribution < -0.4 is 5.32 Å². The summed E-state index contributed by atoms with van der Waals surface area (Å²) >= 11 is 1.62. The summed E-state index contributed by atoms with van der Waals surface area (Å²) in [4.78, 5) is 0.753. The highest BCUT2D eigenvalue weighted by Crippen LogP contribution is 2.31. The topological polar surface area (TPSA) is 12.0 Å². The van der Waals surface area contributed by atoms with Crippen molar-refractivity contribution in [1.82, 2.24) is 5.32 Å². The molecule has 0 saturated heterocycles. The first-order valence-corrected chi connectivity index (χ1v) is 7.53. The van der Waals surface area contributed by atoms with Gasteiger partial charge in [-0.05, 0) is 37.1 Å². The average molecular weight is 269 g/mol. The zero-order valence-corrected chi connectivity index (χ0v) is 12.8. The van der Waals surface area contributed by atoms with Crippen LogP contribution in [0.2, 0.25) is 0 Å². The van der Waals surface area contributed by atoms with E-state index in [4.69, 9.17) is 0 Å². The molecule has 1 nitrogen and oxygen atoms in total. The van der Waals surface area contributed by atoms with E-state index in [1.807, 2.05) is 12.1 Å². The monoisotopic (exact) mass is 269 g/mol. The van der Waals surface area contributed by atoms with Gasteiger partial charge < -0.3 is 5.32 Å². The lowest BCUT2D eigenvalue weighted by molar-refractivity contribution is 0.570. The molecule has 0 bridgehead atoms. The molecule has 1 aromatic carbocycles. The highest BCUT2D eigenvalue weighted by molar-refractivity contribution is 8.00. The fourth-order valence-electron chi connectivity index (χ4n) is 1.64. The largest absolute Gasteiger partial charge is 0.310 e. The molecule has 0 fully saturated rings. The quantitative estimate of drug-likeness (QED) is 0.755. The lowest BCUT2D eigenvalue weighted by atomic mass is 10.1. The fourth-order valence-corrected chi connectivity index (χ4v) is 2.63. The molecular weight excluding hydrogens is 245 g/mol. The molecule has 0 spiro atoms. The van der Waals surface area contributed by atoms with Gasteiger partial charge in [0, 0.05) is 16.2 Å². The van der Waals surface area contributed by atoms with Gasteiger partial charge in [0.05, 0.1) is 0 Å². The van der Waals surface area contributed by atoms with Gasteiger partial charge in [-0.1, -0.05) is 33.8 Å². The molecule has 3 heteroatoms. The van der Waals surface area contributed by atoms with E-state index in [1.54, 1.807) is 17.8 Å². The molecule has 0 radical (unpaired) electrons. The Kier molecular flexibility index (Phi) is 6.16. The Balaban J connectivity index is 2.79. The van der Waals surface area contributed by atoms with Gasteiger partial charge in [-0.3, -0.25) is 0 Å². The van der Waals surface area contributed by atoms with Crippen LogP contribution in [-0.2, 0) is 0 Å². The van der Waals surface area contributed by atoms with Crippen molar-refractivity contribution in [1.29, 1.82) is 0 Å². The first-order valence-electron chi connectivity index (χ1n) is 6.65. The Morgan fingerprint density at radius 2 is 1.89 bits per heavy atom. The molecule has 0 amide bonds. The lowest BCUT2D eigenvalue weighted by Crippen LogP contribution is -2.17. The van der Waals surface area contributed by atoms with Gasteiger partial charge >= 0.3 is 0 Å². The second kappa shape index (κ2) is 7.15. The highest BCUT2D eigenvalue weighted by Gasteiger charge is 2.13. The van der Waals surface area contributed by atoms with E-state index in [2.05, 4.69) is 39.9 Å². The number of hydrogen-bond acceptors (Lipinski definition) is 2. The summed E-state index contributed by atoms with van der Waals surface area (Å²) in [7, 11) is 0. The van der Waals surface area contributed by atoms with Crippen molar-refractivity contribution in [2.75, 3.05) is 6.54 Å². The zero-order chi connectivity index (χ0) is 13.7. The van der Waals surface area contributed by atoms with E-state index in [-0.39, 0.29) is 11.9 Å². The van der Waals surface area contributed by atoms with E-state index < -0.39 is 0 Å². The third-order valence-electron chi connectivity index (χ3n) is 3.22. The number of hydrogen-bond donors (Lipinski definition) is 1. The van der Waals surface area contributed by atoms with Crippen molar-refractivity contribution >= 4 is 11.8 Å². The van der Waals surface area contributed by atoms with Crippen LogP contribution in [-0.4, -0.2) is 11.8 Å². The molecule has 1 aromatic rings. The van der Waals surface area contributed by atoms with Gasteiger partial charge in [-0.15, -0.1) is 11.8 Å². The van der Waals surface area contributed by atoms with E-state index >= 15 is 0 Å². The van der Waals surface area contributed by atoms with Crippen LogP contribution in [0.15, 0.2) is 23.1 Å². The number of halogens is 1. The summed E-state index contributed by atoms with van der Waals surface area (Å²) < 4.78 is 14.0. The normalized spacial score (nSPS) is 14.8. The predicted molar refractivity (Wildman–Crippen MR) is 78.6 cm³/mol. The molecule has 0 aliphatic heterocycles. The third-order valence-corrected chi connectivity index (χ3v) is 4.72. The first kappa shape index (κ1) is 15.5. The molecule has 0 aromatic heterocycles. The summed E-state index contributed by atoms with van der Waals surface area (Å²) in [5.41, 5.74) is 1.01. The molecule has 2 atom stereocenters. The number of nitrogens with one attached hydrogen (secondary N) is 1. The maximum atomic E-state index is 14.0. The Hall–Kier alpha value is -0.540. The molecule has 0 saturated carbocycles. The van der Waals surface area contributed by atoms with Crippen molar-refractivity contribution in [3.8, 4) is 0 Å². The van der Waals surface area contributed by atoms with Crippen LogP contribution in [0.5, 0.6) is 0 Å². The van der Waals surface area contributed by atoms with Gasteiger partial charge in [-0.2, -0.15) is 0 Å². The van der Waals surface area contributed by atoms with Crippen molar-refractivity contribution in [3.63, 3.8) is 0 Å². The Bertz CT molecular complexity index is 379. The predicted octanol–water partition coefficient (Wildman–Crippen LogP) is 4.63. The summed E-state index contributed by atoms with van der Waals surface area (Å²) in [5, 5.41) is 3.72. The standard InChI is InChI=1S/C15H24FNS/c1-6-17-11(4)13-7-8-15(14(16)9-13)18-12(5)10(2)3/h7-12,17H,6H2,1-5H3. The molecule has 0 heterocycles. The van der Waals surface area contributed by atoms with Crippen molar-refractivity contribution < 1.29 is 4.39 Å². The molecule has 0 aliphatic carbocycles. The first-order chi connectivity index (χ1) is 8.45. The maximum absolute atomic E-state index is 14.0. The van der Waals surface area contributed by atoms with Crippen LogP contribution >= 0.6 is 11.8 Å². The third kappa shape index (κ3) is 4.29. The number of thioether (sulfide) groups is 1. The Morgan fingerprint density at radius 1 is 1.22 bits per heavy atom. The molecule has 0 aliphatic rings. The van der Waals surface area contributed by atoms with Gasteiger partial charge in [0.15, 0.2) is 0 Å². The molecule has 1 N–H and O–H groups in total. The van der Waals surface area contributed by atoms with E-state index in [9.17, 15) is 4.39 Å². The minimum Gasteiger partial charge on any atom is -0.310 e. The van der Waals surface area contributed by atoms with Crippen molar-refractivity contribution in [3.05, 3.63) is 29.6 Å². The van der Waals surface area contributed by atoms with E-state index in [0.717, 1.165) is 17.0 Å². The second-order valence-electron chi connectivity index (χ2n) is 5.04. The second-order valence-corrected chi connectivity index (χ2v) is 6.46. The van der Waals surface area contributed by atoms with E-state index in [1.165, 1.54) is 0 Å². The van der Waals surface area contributed by atoms with Crippen LogP contribution in [0.3, 0.4) is 0 Å². The van der Waals surface area contributed by atoms with Gasteiger partial charge in [0.1, 0.15) is 5.82 Å². The fraction of sp³-hybridized carbons (Fsp3) is 0.600. The average Bonchev–Trinajstić information content (AvgIpc) is 2.31. The highest BCUT2D eigenvalue weighted by atomic mass is 32.2. The minimum atomic E-state index is -0.102. The smallest absolute Gasteiger partial charge is 0.137 e. The van der Waals surface area contributed by atoms with Gasteiger partial charge in [0.25, 0.3) is 0 Å². The molecule has 2 unspecified atom stereocenters. The van der Waals surface area contributed by atoms with Crippen molar-refractivity contribution in [2.24, 2.45) is 5.92 Å². The minimum absolute atomic E-state index is 0.102. The van der Waals surface area contributed by atoms with Crippen LogP contribution in [0.25, 0.3) is 0 Å². The molecule has 18 heavy (non-hydrogen) atoms. The van der Waals surface area contributed by atoms with Crippen LogP contribution in [0, 0.1) is 11.7 Å². The summed E-state index contributed by atoms with van der Waals surface area (Å²) in [6.45, 7) is 11.5. The molecule has 1 rings (SSSR count). The number of benzene rings is 1. The van der Waals surface area contributed by atoms with E-state index in [0.29, 0.717) is 11.2 Å². The molecular formula is C15H24FNS. The summed E-state index contributed by atoms with van der Waals surface area (Å²) in [5.74, 6) is 0.449. The SMILES string of the molecule is CCNC(C)c1ccc(SC(C)C(C)C)c(F)c1. The number of rotatable bonds is 6. The Labute approximate surface area is 115 Å². The van der Waals surface area contributed by atoms with Gasteiger partial charge in [-0.25, -0.2) is 4.39 Å².